The van der Waals surface area contributed by atoms with Crippen molar-refractivity contribution in [3.05, 3.63) is 203 Å². The molecule has 62 heavy (non-hydrogen) atoms. The van der Waals surface area contributed by atoms with Crippen molar-refractivity contribution in [3.63, 3.8) is 0 Å². The third-order valence-corrected chi connectivity index (χ3v) is 12.2. The second-order valence-electron chi connectivity index (χ2n) is 16.2. The second-order valence-corrected chi connectivity index (χ2v) is 16.2. The molecule has 0 unspecified atom stereocenters. The number of rotatable bonds is 13. The van der Waals surface area contributed by atoms with Crippen LogP contribution in [0.4, 0.5) is 34.1 Å². The molecule has 0 bridgehead atoms. The van der Waals surface area contributed by atoms with Crippen LogP contribution in [0, 0.1) is 27.7 Å². The average molecular weight is 813 g/mol. The Kier molecular flexibility index (Phi) is 12.3. The summed E-state index contributed by atoms with van der Waals surface area (Å²) in [6.45, 7) is 13.3. The fourth-order valence-electron chi connectivity index (χ4n) is 8.45. The van der Waals surface area contributed by atoms with Gasteiger partial charge < -0.3 is 19.3 Å². The highest BCUT2D eigenvalue weighted by Crippen LogP contribution is 2.44. The van der Waals surface area contributed by atoms with Crippen molar-refractivity contribution in [1.82, 2.24) is 0 Å². The first-order valence-electron chi connectivity index (χ1n) is 21.7. The summed E-state index contributed by atoms with van der Waals surface area (Å²) < 4.78 is 11.1. The van der Waals surface area contributed by atoms with Crippen LogP contribution in [0.15, 0.2) is 170 Å². The summed E-state index contributed by atoms with van der Waals surface area (Å²) in [6.07, 6.45) is 2.07. The van der Waals surface area contributed by atoms with Crippen LogP contribution in [0.5, 0.6) is 11.5 Å². The zero-order valence-corrected chi connectivity index (χ0v) is 37.3. The molecule has 0 aliphatic carbocycles. The fourth-order valence-corrected chi connectivity index (χ4v) is 8.45. The maximum absolute atomic E-state index is 5.55. The molecule has 0 N–H and O–H groups in total. The Balaban J connectivity index is 1.16. The summed E-state index contributed by atoms with van der Waals surface area (Å²) in [5.41, 5.74) is 21.4. The standard InChI is InChI=1S/C58H56N2O2/c1-9-43-11-15-45(16-12-43)47-19-23-49(24-20-47)59(51-27-31-53(61-7)32-28-51)57-37-39(3)55(35-41(57)5)56-36-42(6)58(38-40(56)4)60(52-29-33-54(62-8)34-30-52)50-25-21-48(22-26-50)46-17-13-44(10-2)14-18-46/h11-38H,9-10H2,1-8H3. The number of methoxy groups -OCH3 is 2. The monoisotopic (exact) mass is 812 g/mol. The first-order valence-corrected chi connectivity index (χ1v) is 21.7. The van der Waals surface area contributed by atoms with E-state index in [-0.39, 0.29) is 0 Å². The van der Waals surface area contributed by atoms with Crippen LogP contribution < -0.4 is 19.3 Å². The molecule has 8 rings (SSSR count). The minimum absolute atomic E-state index is 0.831. The van der Waals surface area contributed by atoms with Gasteiger partial charge in [0.05, 0.1) is 14.2 Å². The predicted molar refractivity (Wildman–Crippen MR) is 263 cm³/mol. The number of hydrogen-bond donors (Lipinski definition) is 0. The lowest BCUT2D eigenvalue weighted by atomic mass is 9.91. The molecule has 0 amide bonds. The topological polar surface area (TPSA) is 24.9 Å². The van der Waals surface area contributed by atoms with Crippen LogP contribution >= 0.6 is 0 Å². The lowest BCUT2D eigenvalue weighted by Crippen LogP contribution is -2.12. The van der Waals surface area contributed by atoms with Gasteiger partial charge in [0.15, 0.2) is 0 Å². The largest absolute Gasteiger partial charge is 0.497 e. The van der Waals surface area contributed by atoms with Gasteiger partial charge in [0.25, 0.3) is 0 Å². The number of aryl methyl sites for hydroxylation is 6. The molecule has 8 aromatic carbocycles. The third kappa shape index (κ3) is 8.60. The highest BCUT2D eigenvalue weighted by molar-refractivity contribution is 5.86. The summed E-state index contributed by atoms with van der Waals surface area (Å²) in [4.78, 5) is 4.71. The van der Waals surface area contributed by atoms with Gasteiger partial charge in [0.1, 0.15) is 11.5 Å². The van der Waals surface area contributed by atoms with E-state index in [0.29, 0.717) is 0 Å². The van der Waals surface area contributed by atoms with E-state index >= 15 is 0 Å². The molecular weight excluding hydrogens is 757 g/mol. The number of ether oxygens (including phenoxy) is 2. The summed E-state index contributed by atoms with van der Waals surface area (Å²) >= 11 is 0. The van der Waals surface area contributed by atoms with Crippen molar-refractivity contribution in [1.29, 1.82) is 0 Å². The van der Waals surface area contributed by atoms with E-state index < -0.39 is 0 Å². The van der Waals surface area contributed by atoms with Crippen molar-refractivity contribution in [2.45, 2.75) is 54.4 Å². The van der Waals surface area contributed by atoms with Crippen LogP contribution in [-0.4, -0.2) is 14.2 Å². The van der Waals surface area contributed by atoms with E-state index in [9.17, 15) is 0 Å². The van der Waals surface area contributed by atoms with Gasteiger partial charge in [-0.1, -0.05) is 86.6 Å². The fraction of sp³-hybridized carbons (Fsp3) is 0.172. The van der Waals surface area contributed by atoms with Crippen LogP contribution in [-0.2, 0) is 12.8 Å². The SMILES string of the molecule is CCc1ccc(-c2ccc(N(c3ccc(OC)cc3)c3cc(C)c(-c4cc(C)c(N(c5ccc(OC)cc5)c5ccc(-c6ccc(CC)cc6)cc5)cc4C)cc3C)cc2)cc1. The van der Waals surface area contributed by atoms with Gasteiger partial charge in [-0.2, -0.15) is 0 Å². The predicted octanol–water partition coefficient (Wildman–Crippen LogP) is 16.0. The smallest absolute Gasteiger partial charge is 0.119 e. The van der Waals surface area contributed by atoms with Crippen molar-refractivity contribution < 1.29 is 9.47 Å². The summed E-state index contributed by atoms with van der Waals surface area (Å²) in [6, 6.07) is 61.7. The molecule has 0 aliphatic rings. The molecule has 0 aromatic heterocycles. The molecule has 310 valence electrons. The molecule has 4 nitrogen and oxygen atoms in total. The molecule has 0 aliphatic heterocycles. The van der Waals surface area contributed by atoms with Crippen molar-refractivity contribution in [2.24, 2.45) is 0 Å². The number of hydrogen-bond acceptors (Lipinski definition) is 4. The van der Waals surface area contributed by atoms with Crippen molar-refractivity contribution >= 4 is 34.1 Å². The Morgan fingerprint density at radius 2 is 0.613 bits per heavy atom. The van der Waals surface area contributed by atoms with Gasteiger partial charge in [0, 0.05) is 34.1 Å². The molecule has 0 spiro atoms. The minimum Gasteiger partial charge on any atom is -0.497 e. The minimum atomic E-state index is 0.831. The summed E-state index contributed by atoms with van der Waals surface area (Å²) in [5.74, 6) is 1.66. The van der Waals surface area contributed by atoms with Gasteiger partial charge in [-0.3, -0.25) is 0 Å². The molecule has 8 aromatic rings. The second kappa shape index (κ2) is 18.3. The quantitative estimate of drug-likeness (QED) is 0.116. The maximum Gasteiger partial charge on any atom is 0.119 e. The lowest BCUT2D eigenvalue weighted by molar-refractivity contribution is 0.414. The van der Waals surface area contributed by atoms with Gasteiger partial charge >= 0.3 is 0 Å². The molecule has 0 heterocycles. The Labute approximate surface area is 368 Å². The summed E-state index contributed by atoms with van der Waals surface area (Å²) in [5, 5.41) is 0. The molecule has 0 radical (unpaired) electrons. The summed E-state index contributed by atoms with van der Waals surface area (Å²) in [7, 11) is 3.42. The first kappa shape index (κ1) is 41.7. The van der Waals surface area contributed by atoms with Crippen LogP contribution in [0.1, 0.15) is 47.2 Å². The average Bonchev–Trinajstić information content (AvgIpc) is 3.32. The highest BCUT2D eigenvalue weighted by atomic mass is 16.5. The van der Waals surface area contributed by atoms with Gasteiger partial charge in [-0.15, -0.1) is 0 Å². The Morgan fingerprint density at radius 1 is 0.339 bits per heavy atom. The normalized spacial score (nSPS) is 11.0. The van der Waals surface area contributed by atoms with Crippen LogP contribution in [0.25, 0.3) is 33.4 Å². The Hall–Kier alpha value is -7.04. The molecule has 0 saturated heterocycles. The third-order valence-electron chi connectivity index (χ3n) is 12.2. The first-order chi connectivity index (χ1) is 30.2. The zero-order chi connectivity index (χ0) is 43.3. The lowest BCUT2D eigenvalue weighted by Gasteiger charge is -2.30. The van der Waals surface area contributed by atoms with E-state index in [1.165, 1.54) is 66.8 Å². The van der Waals surface area contributed by atoms with E-state index in [1.807, 2.05) is 24.3 Å². The van der Waals surface area contributed by atoms with Crippen molar-refractivity contribution in [3.8, 4) is 44.9 Å². The van der Waals surface area contributed by atoms with Crippen LogP contribution in [0.3, 0.4) is 0 Å². The molecule has 0 fully saturated rings. The van der Waals surface area contributed by atoms with E-state index in [0.717, 1.165) is 58.5 Å². The van der Waals surface area contributed by atoms with E-state index in [2.05, 4.69) is 197 Å². The maximum atomic E-state index is 5.55. The molecule has 4 heteroatoms. The van der Waals surface area contributed by atoms with Crippen molar-refractivity contribution in [2.75, 3.05) is 24.0 Å². The van der Waals surface area contributed by atoms with Gasteiger partial charge in [-0.25, -0.2) is 0 Å². The number of nitrogens with zero attached hydrogens (tertiary/aromatic N) is 2. The number of anilines is 6. The molecule has 0 atom stereocenters. The molecular formula is C58H56N2O2. The van der Waals surface area contributed by atoms with E-state index in [1.54, 1.807) is 14.2 Å². The highest BCUT2D eigenvalue weighted by Gasteiger charge is 2.21. The Morgan fingerprint density at radius 3 is 0.887 bits per heavy atom. The van der Waals surface area contributed by atoms with Crippen LogP contribution in [0.2, 0.25) is 0 Å². The van der Waals surface area contributed by atoms with E-state index in [4.69, 9.17) is 9.47 Å². The number of benzene rings is 8. The Bertz CT molecular complexity index is 2570. The molecule has 0 saturated carbocycles. The van der Waals surface area contributed by atoms with Gasteiger partial charge in [-0.05, 0) is 204 Å². The van der Waals surface area contributed by atoms with Gasteiger partial charge in [0.2, 0.25) is 0 Å². The zero-order valence-electron chi connectivity index (χ0n) is 37.3.